The van der Waals surface area contributed by atoms with Gasteiger partial charge in [-0.15, -0.1) is 0 Å². The maximum atomic E-state index is 12.4. The molecule has 1 amide bonds. The van der Waals surface area contributed by atoms with Crippen LogP contribution >= 0.6 is 11.8 Å². The minimum atomic E-state index is -0.00338. The highest BCUT2D eigenvalue weighted by Crippen LogP contribution is 2.28. The summed E-state index contributed by atoms with van der Waals surface area (Å²) >= 11 is 1.85. The largest absolute Gasteiger partial charge is 0.397 e. The van der Waals surface area contributed by atoms with Crippen molar-refractivity contribution in [3.05, 3.63) is 18.0 Å². The van der Waals surface area contributed by atoms with Crippen LogP contribution in [-0.4, -0.2) is 28.0 Å². The van der Waals surface area contributed by atoms with Crippen LogP contribution in [0.1, 0.15) is 49.6 Å². The van der Waals surface area contributed by atoms with E-state index in [2.05, 4.69) is 25.4 Å². The molecule has 2 unspecified atom stereocenters. The highest BCUT2D eigenvalue weighted by atomic mass is 32.2. The molecule has 2 atom stereocenters. The van der Waals surface area contributed by atoms with E-state index in [1.807, 2.05) is 22.5 Å². The molecule has 0 aromatic carbocycles. The van der Waals surface area contributed by atoms with E-state index in [1.54, 1.807) is 6.07 Å². The van der Waals surface area contributed by atoms with Crippen molar-refractivity contribution in [2.24, 2.45) is 0 Å². The Hall–Kier alpha value is -1.10. The molecule has 0 aliphatic heterocycles. The number of aromatic nitrogens is 1. The second kappa shape index (κ2) is 5.90. The molecule has 0 radical (unpaired) electrons. The molecule has 0 saturated heterocycles. The number of carbonyl (C=O) groups excluding carboxylic acids is 1. The van der Waals surface area contributed by atoms with Gasteiger partial charge in [-0.05, 0) is 39.0 Å². The summed E-state index contributed by atoms with van der Waals surface area (Å²) in [5, 5.41) is 3.71. The van der Waals surface area contributed by atoms with Crippen LogP contribution in [0.2, 0.25) is 0 Å². The zero-order chi connectivity index (χ0) is 14.0. The average Bonchev–Trinajstić information content (AvgIpc) is 2.95. The fourth-order valence-corrected chi connectivity index (χ4v) is 3.66. The van der Waals surface area contributed by atoms with Gasteiger partial charge in [-0.3, -0.25) is 4.79 Å². The third kappa shape index (κ3) is 3.08. The molecule has 3 N–H and O–H groups in total. The summed E-state index contributed by atoms with van der Waals surface area (Å²) in [4.78, 5) is 12.4. The molecule has 1 heterocycles. The van der Waals surface area contributed by atoms with Gasteiger partial charge in [0.1, 0.15) is 5.69 Å². The summed E-state index contributed by atoms with van der Waals surface area (Å²) < 4.78 is 1.94. The summed E-state index contributed by atoms with van der Waals surface area (Å²) in [6.45, 7) is 4.10. The van der Waals surface area contributed by atoms with Crippen LogP contribution < -0.4 is 11.1 Å². The van der Waals surface area contributed by atoms with E-state index < -0.39 is 0 Å². The molecule has 19 heavy (non-hydrogen) atoms. The standard InChI is InChI=1S/C14H23N3OS/c1-9(2)17-8-10(15)7-12(17)14(18)16-11-5-4-6-13(11)19-3/h7-9,11,13H,4-6,15H2,1-3H3,(H,16,18). The lowest BCUT2D eigenvalue weighted by atomic mass is 10.2. The van der Waals surface area contributed by atoms with Crippen LogP contribution in [0.25, 0.3) is 0 Å². The van der Waals surface area contributed by atoms with Crippen molar-refractivity contribution in [1.29, 1.82) is 0 Å². The van der Waals surface area contributed by atoms with Crippen molar-refractivity contribution in [3.63, 3.8) is 0 Å². The first-order valence-corrected chi connectivity index (χ1v) is 8.12. The molecule has 2 rings (SSSR count). The van der Waals surface area contributed by atoms with Gasteiger partial charge in [-0.25, -0.2) is 0 Å². The van der Waals surface area contributed by atoms with Gasteiger partial charge in [0.05, 0.1) is 5.69 Å². The van der Waals surface area contributed by atoms with Gasteiger partial charge < -0.3 is 15.6 Å². The Labute approximate surface area is 119 Å². The SMILES string of the molecule is CSC1CCCC1NC(=O)c1cc(N)cn1C(C)C. The molecule has 0 bridgehead atoms. The number of nitrogens with one attached hydrogen (secondary N) is 1. The van der Waals surface area contributed by atoms with E-state index in [0.29, 0.717) is 22.7 Å². The summed E-state index contributed by atoms with van der Waals surface area (Å²) in [5.74, 6) is -0.00338. The lowest BCUT2D eigenvalue weighted by Gasteiger charge is -2.20. The maximum absolute atomic E-state index is 12.4. The average molecular weight is 281 g/mol. The van der Waals surface area contributed by atoms with Crippen LogP contribution in [0.3, 0.4) is 0 Å². The van der Waals surface area contributed by atoms with Crippen molar-refractivity contribution in [2.75, 3.05) is 12.0 Å². The molecular formula is C14H23N3OS. The number of nitrogens with two attached hydrogens (primary N) is 1. The van der Waals surface area contributed by atoms with Crippen molar-refractivity contribution in [1.82, 2.24) is 9.88 Å². The minimum absolute atomic E-state index is 0.00338. The fraction of sp³-hybridized carbons (Fsp3) is 0.643. The Kier molecular flexibility index (Phi) is 4.45. The van der Waals surface area contributed by atoms with Gasteiger partial charge in [0.25, 0.3) is 5.91 Å². The molecule has 1 aromatic heterocycles. The summed E-state index contributed by atoms with van der Waals surface area (Å²) in [5.41, 5.74) is 7.12. The van der Waals surface area contributed by atoms with Crippen LogP contribution in [0, 0.1) is 0 Å². The van der Waals surface area contributed by atoms with Gasteiger partial charge in [-0.1, -0.05) is 6.42 Å². The highest BCUT2D eigenvalue weighted by molar-refractivity contribution is 7.99. The Morgan fingerprint density at radius 1 is 1.53 bits per heavy atom. The lowest BCUT2D eigenvalue weighted by molar-refractivity contribution is 0.0928. The third-order valence-corrected chi connectivity index (χ3v) is 4.90. The second-order valence-corrected chi connectivity index (χ2v) is 6.52. The molecule has 4 nitrogen and oxygen atoms in total. The molecule has 1 saturated carbocycles. The predicted octanol–water partition coefficient (Wildman–Crippen LogP) is 2.67. The van der Waals surface area contributed by atoms with Gasteiger partial charge in [-0.2, -0.15) is 11.8 Å². The number of hydrogen-bond donors (Lipinski definition) is 2. The van der Waals surface area contributed by atoms with Gasteiger partial charge >= 0.3 is 0 Å². The van der Waals surface area contributed by atoms with E-state index >= 15 is 0 Å². The van der Waals surface area contributed by atoms with Crippen molar-refractivity contribution >= 4 is 23.4 Å². The molecule has 1 aromatic rings. The number of nitrogens with zero attached hydrogens (tertiary/aromatic N) is 1. The van der Waals surface area contributed by atoms with Crippen LogP contribution in [-0.2, 0) is 0 Å². The van der Waals surface area contributed by atoms with Crippen LogP contribution in [0.5, 0.6) is 0 Å². The first-order valence-electron chi connectivity index (χ1n) is 6.84. The number of thioether (sulfide) groups is 1. The number of anilines is 1. The molecule has 0 spiro atoms. The molecule has 1 aliphatic rings. The molecule has 106 valence electrons. The van der Waals surface area contributed by atoms with Crippen LogP contribution in [0.4, 0.5) is 5.69 Å². The molecule has 1 aliphatic carbocycles. The van der Waals surface area contributed by atoms with E-state index in [0.717, 1.165) is 6.42 Å². The zero-order valence-electron chi connectivity index (χ0n) is 11.8. The second-order valence-electron chi connectivity index (χ2n) is 5.44. The number of rotatable bonds is 4. The number of amides is 1. The van der Waals surface area contributed by atoms with Gasteiger partial charge in [0.15, 0.2) is 0 Å². The zero-order valence-corrected chi connectivity index (χ0v) is 12.7. The van der Waals surface area contributed by atoms with E-state index in [4.69, 9.17) is 5.73 Å². The summed E-state index contributed by atoms with van der Waals surface area (Å²) in [7, 11) is 0. The van der Waals surface area contributed by atoms with Crippen molar-refractivity contribution in [2.45, 2.75) is 50.4 Å². The Morgan fingerprint density at radius 3 is 2.89 bits per heavy atom. The maximum Gasteiger partial charge on any atom is 0.268 e. The molecule has 1 fully saturated rings. The highest BCUT2D eigenvalue weighted by Gasteiger charge is 2.28. The predicted molar refractivity (Wildman–Crippen MR) is 81.6 cm³/mol. The first kappa shape index (κ1) is 14.3. The molecular weight excluding hydrogens is 258 g/mol. The van der Waals surface area contributed by atoms with Crippen LogP contribution in [0.15, 0.2) is 12.3 Å². The summed E-state index contributed by atoms with van der Waals surface area (Å²) in [6.07, 6.45) is 7.42. The van der Waals surface area contributed by atoms with E-state index in [1.165, 1.54) is 12.8 Å². The van der Waals surface area contributed by atoms with Gasteiger partial charge in [0, 0.05) is 23.5 Å². The summed E-state index contributed by atoms with van der Waals surface area (Å²) in [6, 6.07) is 2.29. The number of nitrogen functional groups attached to an aromatic ring is 1. The normalized spacial score (nSPS) is 22.9. The first-order chi connectivity index (χ1) is 9.02. The lowest BCUT2D eigenvalue weighted by Crippen LogP contribution is -2.39. The monoisotopic (exact) mass is 281 g/mol. The van der Waals surface area contributed by atoms with Crippen molar-refractivity contribution < 1.29 is 4.79 Å². The Bertz CT molecular complexity index is 456. The smallest absolute Gasteiger partial charge is 0.268 e. The third-order valence-electron chi connectivity index (χ3n) is 3.73. The molecule has 5 heteroatoms. The van der Waals surface area contributed by atoms with Gasteiger partial charge in [0.2, 0.25) is 0 Å². The van der Waals surface area contributed by atoms with E-state index in [9.17, 15) is 4.79 Å². The minimum Gasteiger partial charge on any atom is -0.397 e. The van der Waals surface area contributed by atoms with E-state index in [-0.39, 0.29) is 11.9 Å². The topological polar surface area (TPSA) is 60.1 Å². The Balaban J connectivity index is 2.11. The fourth-order valence-electron chi connectivity index (χ4n) is 2.73. The Morgan fingerprint density at radius 2 is 2.26 bits per heavy atom. The van der Waals surface area contributed by atoms with Crippen molar-refractivity contribution in [3.8, 4) is 0 Å². The number of carbonyl (C=O) groups is 1. The quantitative estimate of drug-likeness (QED) is 0.892. The number of hydrogen-bond acceptors (Lipinski definition) is 3.